The van der Waals surface area contributed by atoms with Gasteiger partial charge in [0.25, 0.3) is 5.91 Å². The van der Waals surface area contributed by atoms with Crippen LogP contribution in [0.15, 0.2) is 42.5 Å². The summed E-state index contributed by atoms with van der Waals surface area (Å²) < 4.78 is 27.0. The van der Waals surface area contributed by atoms with Gasteiger partial charge >= 0.3 is 0 Å². The van der Waals surface area contributed by atoms with E-state index in [1.165, 1.54) is 12.1 Å². The molecule has 1 atom stereocenters. The molecule has 0 aliphatic rings. The summed E-state index contributed by atoms with van der Waals surface area (Å²) in [6.45, 7) is 2.24. The van der Waals surface area contributed by atoms with Crippen molar-refractivity contribution >= 4 is 11.6 Å². The molecule has 2 aromatic carbocycles. The van der Waals surface area contributed by atoms with Crippen molar-refractivity contribution in [1.29, 1.82) is 0 Å². The van der Waals surface area contributed by atoms with Crippen LogP contribution >= 0.6 is 0 Å². The molecule has 0 radical (unpaired) electrons. The van der Waals surface area contributed by atoms with E-state index < -0.39 is 0 Å². The van der Waals surface area contributed by atoms with E-state index >= 15 is 0 Å². The molecule has 22 heavy (non-hydrogen) atoms. The standard InChI is InChI=1S/C17H18F2N2O/c1-12-7-8-14(9-16(12)19)20-17(22)11-21(2)10-13-5-3-4-6-15(13)18/h3-9H,10-11H2,1-2H3,(H,20,22)/p+1. The molecule has 1 unspecified atom stereocenters. The summed E-state index contributed by atoms with van der Waals surface area (Å²) in [6, 6.07) is 11.1. The highest BCUT2D eigenvalue weighted by Crippen LogP contribution is 2.13. The van der Waals surface area contributed by atoms with Crippen molar-refractivity contribution in [3.05, 3.63) is 65.2 Å². The SMILES string of the molecule is Cc1ccc(NC(=O)C[NH+](C)Cc2ccccc2F)cc1F. The molecular formula is C17H19F2N2O+. The van der Waals surface area contributed by atoms with Crippen molar-refractivity contribution in [3.63, 3.8) is 0 Å². The molecule has 0 bridgehead atoms. The normalized spacial score (nSPS) is 12.0. The van der Waals surface area contributed by atoms with Gasteiger partial charge in [-0.25, -0.2) is 8.78 Å². The molecule has 0 heterocycles. The van der Waals surface area contributed by atoms with Crippen LogP contribution in [0.2, 0.25) is 0 Å². The molecule has 0 saturated carbocycles. The second kappa shape index (κ2) is 7.13. The molecule has 0 spiro atoms. The van der Waals surface area contributed by atoms with Crippen LogP contribution in [0.25, 0.3) is 0 Å². The van der Waals surface area contributed by atoms with E-state index in [2.05, 4.69) is 5.32 Å². The first-order valence-electron chi connectivity index (χ1n) is 7.06. The number of benzene rings is 2. The largest absolute Gasteiger partial charge is 0.326 e. The van der Waals surface area contributed by atoms with E-state index in [-0.39, 0.29) is 24.1 Å². The van der Waals surface area contributed by atoms with E-state index in [1.54, 1.807) is 37.3 Å². The van der Waals surface area contributed by atoms with Gasteiger partial charge in [0.15, 0.2) is 6.54 Å². The van der Waals surface area contributed by atoms with Gasteiger partial charge in [0.1, 0.15) is 18.2 Å². The number of rotatable bonds is 5. The van der Waals surface area contributed by atoms with Crippen LogP contribution in [0, 0.1) is 18.6 Å². The van der Waals surface area contributed by atoms with Crippen LogP contribution in [0.4, 0.5) is 14.5 Å². The van der Waals surface area contributed by atoms with Gasteiger partial charge in [-0.3, -0.25) is 4.79 Å². The summed E-state index contributed by atoms with van der Waals surface area (Å²) in [5.74, 6) is -0.871. The van der Waals surface area contributed by atoms with Crippen molar-refractivity contribution < 1.29 is 18.5 Å². The van der Waals surface area contributed by atoms with E-state index in [9.17, 15) is 13.6 Å². The van der Waals surface area contributed by atoms with Crippen molar-refractivity contribution in [2.24, 2.45) is 0 Å². The Bertz CT molecular complexity index is 673. The highest BCUT2D eigenvalue weighted by Gasteiger charge is 2.13. The highest BCUT2D eigenvalue weighted by atomic mass is 19.1. The fourth-order valence-electron chi connectivity index (χ4n) is 2.18. The van der Waals surface area contributed by atoms with Gasteiger partial charge in [0.05, 0.1) is 7.05 Å². The maximum absolute atomic E-state index is 13.6. The minimum atomic E-state index is -0.357. The number of quaternary nitrogens is 1. The monoisotopic (exact) mass is 305 g/mol. The van der Waals surface area contributed by atoms with Gasteiger partial charge in [0, 0.05) is 11.3 Å². The quantitative estimate of drug-likeness (QED) is 0.869. The van der Waals surface area contributed by atoms with Gasteiger partial charge < -0.3 is 10.2 Å². The minimum Gasteiger partial charge on any atom is -0.326 e. The number of anilines is 1. The van der Waals surface area contributed by atoms with Crippen molar-refractivity contribution in [1.82, 2.24) is 0 Å². The number of nitrogens with one attached hydrogen (secondary N) is 2. The number of carbonyl (C=O) groups excluding carboxylic acids is 1. The number of halogens is 2. The third kappa shape index (κ3) is 4.36. The zero-order valence-electron chi connectivity index (χ0n) is 12.6. The Kier molecular flexibility index (Phi) is 5.22. The zero-order chi connectivity index (χ0) is 16.1. The molecule has 2 aromatic rings. The molecule has 0 aliphatic carbocycles. The van der Waals surface area contributed by atoms with Crippen molar-refractivity contribution in [2.45, 2.75) is 13.5 Å². The van der Waals surface area contributed by atoms with E-state index in [1.807, 2.05) is 7.05 Å². The van der Waals surface area contributed by atoms with Crippen LogP contribution in [0.3, 0.4) is 0 Å². The third-order valence-corrected chi connectivity index (χ3v) is 3.37. The van der Waals surface area contributed by atoms with Crippen molar-refractivity contribution in [3.8, 4) is 0 Å². The predicted molar refractivity (Wildman–Crippen MR) is 81.6 cm³/mol. The molecule has 0 aromatic heterocycles. The topological polar surface area (TPSA) is 33.5 Å². The average Bonchev–Trinajstić information content (AvgIpc) is 2.45. The molecular weight excluding hydrogens is 286 g/mol. The highest BCUT2D eigenvalue weighted by molar-refractivity contribution is 5.91. The molecule has 116 valence electrons. The van der Waals surface area contributed by atoms with Gasteiger partial charge in [-0.2, -0.15) is 0 Å². The maximum Gasteiger partial charge on any atom is 0.279 e. The molecule has 1 amide bonds. The minimum absolute atomic E-state index is 0.170. The maximum atomic E-state index is 13.6. The second-order valence-corrected chi connectivity index (χ2v) is 5.41. The average molecular weight is 305 g/mol. The third-order valence-electron chi connectivity index (χ3n) is 3.37. The van der Waals surface area contributed by atoms with Crippen LogP contribution in [0.5, 0.6) is 0 Å². The predicted octanol–water partition coefficient (Wildman–Crippen LogP) is 1.93. The molecule has 5 heteroatoms. The lowest BCUT2D eigenvalue weighted by Crippen LogP contribution is -3.08. The van der Waals surface area contributed by atoms with Crippen LogP contribution in [-0.4, -0.2) is 19.5 Å². The summed E-state index contributed by atoms with van der Waals surface area (Å²) in [5, 5.41) is 2.65. The Morgan fingerprint density at radius 3 is 2.55 bits per heavy atom. The van der Waals surface area contributed by atoms with E-state index in [0.717, 1.165) is 4.90 Å². The number of carbonyl (C=O) groups is 1. The lowest BCUT2D eigenvalue weighted by atomic mass is 10.2. The van der Waals surface area contributed by atoms with Gasteiger partial charge in [-0.1, -0.05) is 24.3 Å². The lowest BCUT2D eigenvalue weighted by molar-refractivity contribution is -0.885. The number of hydrogen-bond donors (Lipinski definition) is 2. The number of likely N-dealkylation sites (N-methyl/N-ethyl adjacent to an activating group) is 1. The van der Waals surface area contributed by atoms with Crippen molar-refractivity contribution in [2.75, 3.05) is 18.9 Å². The lowest BCUT2D eigenvalue weighted by Gasteiger charge is -2.14. The fraction of sp³-hybridized carbons (Fsp3) is 0.235. The van der Waals surface area contributed by atoms with Crippen LogP contribution < -0.4 is 10.2 Å². The Labute approximate surface area is 128 Å². The Hall–Kier alpha value is -2.27. The van der Waals surface area contributed by atoms with E-state index in [4.69, 9.17) is 0 Å². The van der Waals surface area contributed by atoms with Gasteiger partial charge in [-0.15, -0.1) is 0 Å². The summed E-state index contributed by atoms with van der Waals surface area (Å²) in [7, 11) is 1.81. The summed E-state index contributed by atoms with van der Waals surface area (Å²) in [4.78, 5) is 12.8. The molecule has 3 nitrogen and oxygen atoms in total. The fourth-order valence-corrected chi connectivity index (χ4v) is 2.18. The number of aryl methyl sites for hydroxylation is 1. The summed E-state index contributed by atoms with van der Waals surface area (Å²) in [5.41, 5.74) is 1.52. The zero-order valence-corrected chi connectivity index (χ0v) is 12.6. The van der Waals surface area contributed by atoms with Crippen LogP contribution in [-0.2, 0) is 11.3 Å². The van der Waals surface area contributed by atoms with Crippen LogP contribution in [0.1, 0.15) is 11.1 Å². The Balaban J connectivity index is 1.91. The first-order chi connectivity index (χ1) is 10.5. The molecule has 2 rings (SSSR count). The molecule has 0 fully saturated rings. The smallest absolute Gasteiger partial charge is 0.279 e. The second-order valence-electron chi connectivity index (χ2n) is 5.41. The first kappa shape index (κ1) is 16.1. The summed E-state index contributed by atoms with van der Waals surface area (Å²) in [6.07, 6.45) is 0. The molecule has 2 N–H and O–H groups in total. The van der Waals surface area contributed by atoms with Gasteiger partial charge in [0.2, 0.25) is 0 Å². The Morgan fingerprint density at radius 1 is 1.14 bits per heavy atom. The van der Waals surface area contributed by atoms with Gasteiger partial charge in [-0.05, 0) is 30.7 Å². The first-order valence-corrected chi connectivity index (χ1v) is 7.06. The molecule has 0 saturated heterocycles. The molecule has 0 aliphatic heterocycles. The van der Waals surface area contributed by atoms with E-state index in [0.29, 0.717) is 23.4 Å². The number of amides is 1. The Morgan fingerprint density at radius 2 is 1.86 bits per heavy atom. The number of hydrogen-bond acceptors (Lipinski definition) is 1. The summed E-state index contributed by atoms with van der Waals surface area (Å²) >= 11 is 0.